The van der Waals surface area contributed by atoms with E-state index in [2.05, 4.69) is 22.2 Å². The fourth-order valence-electron chi connectivity index (χ4n) is 4.49. The van der Waals surface area contributed by atoms with E-state index < -0.39 is 6.10 Å². The topological polar surface area (TPSA) is 74.3 Å². The maximum absolute atomic E-state index is 14.3. The molecule has 0 saturated carbocycles. The molecule has 2 amide bonds. The van der Waals surface area contributed by atoms with E-state index in [1.165, 1.54) is 12.1 Å². The van der Waals surface area contributed by atoms with Crippen molar-refractivity contribution in [3.8, 4) is 5.75 Å². The normalized spacial score (nSPS) is 20.8. The number of nitrogens with one attached hydrogen (secondary N) is 1. The quantitative estimate of drug-likeness (QED) is 0.766. The monoisotopic (exact) mass is 454 g/mol. The number of rotatable bonds is 4. The Balaban J connectivity index is 1.28. The third kappa shape index (κ3) is 4.45. The molecule has 1 N–H and O–H groups in total. The van der Waals surface area contributed by atoms with Gasteiger partial charge in [0.25, 0.3) is 5.91 Å². The number of ether oxygens (including phenoxy) is 2. The highest BCUT2D eigenvalue weighted by atomic mass is 19.1. The minimum atomic E-state index is -0.664. The van der Waals surface area contributed by atoms with E-state index >= 15 is 0 Å². The first kappa shape index (κ1) is 21.5. The van der Waals surface area contributed by atoms with E-state index in [9.17, 15) is 14.0 Å². The molecule has 2 aromatic carbocycles. The smallest absolute Gasteiger partial charge is 0.414 e. The van der Waals surface area contributed by atoms with Crippen molar-refractivity contribution < 1.29 is 23.5 Å². The van der Waals surface area contributed by atoms with Gasteiger partial charge in [0.1, 0.15) is 18.2 Å². The van der Waals surface area contributed by atoms with Crippen LogP contribution in [0.15, 0.2) is 36.4 Å². The van der Waals surface area contributed by atoms with Gasteiger partial charge in [-0.3, -0.25) is 9.69 Å². The predicted octanol–water partition coefficient (Wildman–Crippen LogP) is 2.87. The number of likely N-dealkylation sites (N-methyl/N-ethyl adjacent to an activating group) is 1. The molecule has 8 nitrogen and oxygen atoms in total. The number of carbonyl (C=O) groups is 2. The molecular weight excluding hydrogens is 427 g/mol. The highest BCUT2D eigenvalue weighted by Gasteiger charge is 2.31. The average molecular weight is 455 g/mol. The Morgan fingerprint density at radius 3 is 2.55 bits per heavy atom. The number of benzene rings is 2. The molecule has 3 aliphatic heterocycles. The van der Waals surface area contributed by atoms with Crippen LogP contribution in [0.3, 0.4) is 0 Å². The summed E-state index contributed by atoms with van der Waals surface area (Å²) in [4.78, 5) is 30.6. The van der Waals surface area contributed by atoms with Crippen LogP contribution in [0.5, 0.6) is 5.75 Å². The number of carbonyl (C=O) groups excluding carboxylic acids is 2. The van der Waals surface area contributed by atoms with Crippen LogP contribution in [-0.2, 0) is 16.0 Å². The molecule has 33 heavy (non-hydrogen) atoms. The average Bonchev–Trinajstić information content (AvgIpc) is 3.25. The molecule has 2 aromatic rings. The van der Waals surface area contributed by atoms with Gasteiger partial charge in [0, 0.05) is 43.6 Å². The Bertz CT molecular complexity index is 1050. The van der Waals surface area contributed by atoms with Crippen molar-refractivity contribution in [2.24, 2.45) is 0 Å². The number of halogens is 1. The van der Waals surface area contributed by atoms with E-state index in [0.717, 1.165) is 43.1 Å². The fourth-order valence-corrected chi connectivity index (χ4v) is 4.49. The van der Waals surface area contributed by atoms with Gasteiger partial charge >= 0.3 is 6.09 Å². The predicted molar refractivity (Wildman–Crippen MR) is 123 cm³/mol. The second-order valence-electron chi connectivity index (χ2n) is 8.65. The molecule has 2 saturated heterocycles. The van der Waals surface area contributed by atoms with Crippen LogP contribution in [0.2, 0.25) is 0 Å². The lowest BCUT2D eigenvalue weighted by Crippen LogP contribution is -2.45. The lowest BCUT2D eigenvalue weighted by atomic mass is 9.99. The second-order valence-corrected chi connectivity index (χ2v) is 8.65. The summed E-state index contributed by atoms with van der Waals surface area (Å²) in [6, 6.07) is 10.1. The molecule has 174 valence electrons. The van der Waals surface area contributed by atoms with Gasteiger partial charge in [0.05, 0.1) is 12.2 Å². The maximum atomic E-state index is 14.3. The molecule has 1 unspecified atom stereocenters. The number of amides is 2. The number of hydrogen-bond acceptors (Lipinski definition) is 6. The van der Waals surface area contributed by atoms with Gasteiger partial charge in [-0.15, -0.1) is 0 Å². The Morgan fingerprint density at radius 1 is 1.09 bits per heavy atom. The van der Waals surface area contributed by atoms with E-state index in [4.69, 9.17) is 9.47 Å². The van der Waals surface area contributed by atoms with Gasteiger partial charge in [-0.05, 0) is 55.8 Å². The van der Waals surface area contributed by atoms with Crippen LogP contribution in [0.25, 0.3) is 0 Å². The molecule has 0 bridgehead atoms. The van der Waals surface area contributed by atoms with Crippen LogP contribution in [0, 0.1) is 5.82 Å². The SMILES string of the molecule is CN1CCN(c2cc(F)cc3c2OC(C(=O)Nc2ccc(N4CCOC4=O)cc2)CC3)CC1. The number of hydrogen-bond donors (Lipinski definition) is 1. The van der Waals surface area contributed by atoms with Crippen molar-refractivity contribution in [2.45, 2.75) is 18.9 Å². The lowest BCUT2D eigenvalue weighted by Gasteiger charge is -2.37. The summed E-state index contributed by atoms with van der Waals surface area (Å²) in [7, 11) is 2.07. The van der Waals surface area contributed by atoms with Crippen LogP contribution in [0.1, 0.15) is 12.0 Å². The summed E-state index contributed by atoms with van der Waals surface area (Å²) in [6.45, 7) is 4.22. The molecule has 2 fully saturated rings. The molecule has 3 aliphatic rings. The third-order valence-electron chi connectivity index (χ3n) is 6.39. The number of fused-ring (bicyclic) bond motifs is 1. The lowest BCUT2D eigenvalue weighted by molar-refractivity contribution is -0.123. The van der Waals surface area contributed by atoms with E-state index in [1.54, 1.807) is 29.2 Å². The summed E-state index contributed by atoms with van der Waals surface area (Å²) in [6.07, 6.45) is 0.0143. The van der Waals surface area contributed by atoms with Crippen LogP contribution in [-0.4, -0.2) is 69.4 Å². The molecular formula is C24H27FN4O4. The minimum Gasteiger partial charge on any atom is -0.478 e. The molecule has 0 aromatic heterocycles. The fraction of sp³-hybridized carbons (Fsp3) is 0.417. The van der Waals surface area contributed by atoms with Crippen molar-refractivity contribution in [3.05, 3.63) is 47.8 Å². The maximum Gasteiger partial charge on any atom is 0.414 e. The first-order valence-corrected chi connectivity index (χ1v) is 11.3. The van der Waals surface area contributed by atoms with Crippen molar-refractivity contribution in [1.29, 1.82) is 0 Å². The van der Waals surface area contributed by atoms with E-state index in [0.29, 0.717) is 37.4 Å². The number of nitrogens with zero attached hydrogens (tertiary/aromatic N) is 3. The van der Waals surface area contributed by atoms with Crippen LogP contribution < -0.4 is 19.9 Å². The summed E-state index contributed by atoms with van der Waals surface area (Å²) < 4.78 is 25.4. The Hall–Kier alpha value is -3.33. The van der Waals surface area contributed by atoms with Gasteiger partial charge in [-0.2, -0.15) is 0 Å². The van der Waals surface area contributed by atoms with E-state index in [1.807, 2.05) is 0 Å². The standard InChI is InChI=1S/C24H27FN4O4/c1-27-8-10-28(11-9-27)20-15-17(25)14-16-2-7-21(33-22(16)20)23(30)26-18-3-5-19(6-4-18)29-12-13-32-24(29)31/h3-6,14-15,21H,2,7-13H2,1H3,(H,26,30). The van der Waals surface area contributed by atoms with Gasteiger partial charge in [-0.1, -0.05) is 0 Å². The summed E-state index contributed by atoms with van der Waals surface area (Å²) in [5, 5.41) is 2.89. The largest absolute Gasteiger partial charge is 0.478 e. The van der Waals surface area contributed by atoms with Crippen molar-refractivity contribution in [3.63, 3.8) is 0 Å². The van der Waals surface area contributed by atoms with Crippen molar-refractivity contribution in [2.75, 3.05) is 61.5 Å². The number of aryl methyl sites for hydroxylation is 1. The number of cyclic esters (lactones) is 1. The highest BCUT2D eigenvalue weighted by Crippen LogP contribution is 2.39. The van der Waals surface area contributed by atoms with Crippen molar-refractivity contribution >= 4 is 29.1 Å². The molecule has 9 heteroatoms. The molecule has 0 radical (unpaired) electrons. The first-order valence-electron chi connectivity index (χ1n) is 11.3. The Morgan fingerprint density at radius 2 is 1.85 bits per heavy atom. The van der Waals surface area contributed by atoms with Gasteiger partial charge in [-0.25, -0.2) is 9.18 Å². The van der Waals surface area contributed by atoms with Gasteiger partial charge < -0.3 is 24.6 Å². The number of piperazine rings is 1. The summed E-state index contributed by atoms with van der Waals surface area (Å²) in [5.41, 5.74) is 2.86. The van der Waals surface area contributed by atoms with Crippen molar-refractivity contribution in [1.82, 2.24) is 4.90 Å². The molecule has 5 rings (SSSR count). The van der Waals surface area contributed by atoms with E-state index in [-0.39, 0.29) is 17.8 Å². The Labute approximate surface area is 191 Å². The molecule has 0 spiro atoms. The van der Waals surface area contributed by atoms with Gasteiger partial charge in [0.15, 0.2) is 6.10 Å². The second kappa shape index (κ2) is 8.90. The zero-order chi connectivity index (χ0) is 22.9. The van der Waals surface area contributed by atoms with Gasteiger partial charge in [0.2, 0.25) is 0 Å². The Kier molecular flexibility index (Phi) is 5.80. The highest BCUT2D eigenvalue weighted by molar-refractivity contribution is 5.95. The zero-order valence-corrected chi connectivity index (χ0v) is 18.6. The van der Waals surface area contributed by atoms with Crippen LogP contribution in [0.4, 0.5) is 26.2 Å². The van der Waals surface area contributed by atoms with Crippen LogP contribution >= 0.6 is 0 Å². The molecule has 1 atom stereocenters. The summed E-state index contributed by atoms with van der Waals surface area (Å²) >= 11 is 0. The molecule has 3 heterocycles. The minimum absolute atomic E-state index is 0.248. The number of anilines is 3. The summed E-state index contributed by atoms with van der Waals surface area (Å²) in [5.74, 6) is 0.0778. The first-order chi connectivity index (χ1) is 16.0. The third-order valence-corrected chi connectivity index (χ3v) is 6.39. The zero-order valence-electron chi connectivity index (χ0n) is 18.6. The molecule has 0 aliphatic carbocycles.